The van der Waals surface area contributed by atoms with Crippen LogP contribution in [0.3, 0.4) is 0 Å². The number of guanidine groups is 1. The molecule has 2 aliphatic rings. The molecule has 3 heterocycles. The van der Waals surface area contributed by atoms with Gasteiger partial charge in [-0.3, -0.25) is 9.89 Å². The van der Waals surface area contributed by atoms with E-state index in [0.29, 0.717) is 6.04 Å². The lowest BCUT2D eigenvalue weighted by atomic mass is 10.1. The maximum atomic E-state index is 6.13. The first kappa shape index (κ1) is 20.3. The molecule has 6 nitrogen and oxygen atoms in total. The Morgan fingerprint density at radius 2 is 2.17 bits per heavy atom. The van der Waals surface area contributed by atoms with E-state index in [1.165, 1.54) is 10.4 Å². The van der Waals surface area contributed by atoms with Crippen LogP contribution in [0.5, 0.6) is 0 Å². The van der Waals surface area contributed by atoms with E-state index in [1.54, 1.807) is 11.3 Å². The van der Waals surface area contributed by atoms with Crippen LogP contribution in [0.15, 0.2) is 41.5 Å². The molecular weight excluding hydrogens is 382 g/mol. The summed E-state index contributed by atoms with van der Waals surface area (Å²) in [6.45, 7) is 10.5. The quantitative estimate of drug-likeness (QED) is 0.583. The fraction of sp³-hybridized carbons (Fsp3) is 0.545. The number of fused-ring (bicyclic) bond motifs is 1. The highest BCUT2D eigenvalue weighted by Gasteiger charge is 2.41. The Hall–Kier alpha value is -1.96. The van der Waals surface area contributed by atoms with Crippen molar-refractivity contribution in [2.45, 2.75) is 39.0 Å². The predicted octanol–water partition coefficient (Wildman–Crippen LogP) is 2.54. The Balaban J connectivity index is 1.40. The van der Waals surface area contributed by atoms with Crippen molar-refractivity contribution in [2.75, 3.05) is 39.3 Å². The summed E-state index contributed by atoms with van der Waals surface area (Å²) in [4.78, 5) is 15.5. The lowest BCUT2D eigenvalue weighted by Gasteiger charge is -2.36. The number of aromatic nitrogens is 1. The summed E-state index contributed by atoms with van der Waals surface area (Å²) in [5.41, 5.74) is 1.37. The molecule has 0 bridgehead atoms. The zero-order valence-corrected chi connectivity index (χ0v) is 18.2. The van der Waals surface area contributed by atoms with Crippen LogP contribution in [0.1, 0.15) is 22.4 Å². The fourth-order valence-corrected chi connectivity index (χ4v) is 4.92. The Kier molecular flexibility index (Phi) is 6.79. The molecule has 29 heavy (non-hydrogen) atoms. The van der Waals surface area contributed by atoms with Crippen LogP contribution in [0, 0.1) is 6.92 Å². The largest absolute Gasteiger partial charge is 0.373 e. The first-order chi connectivity index (χ1) is 14.2. The highest BCUT2D eigenvalue weighted by molar-refractivity contribution is 7.11. The van der Waals surface area contributed by atoms with E-state index in [-0.39, 0.29) is 6.10 Å². The van der Waals surface area contributed by atoms with Gasteiger partial charge in [0.2, 0.25) is 0 Å². The fourth-order valence-electron chi connectivity index (χ4n) is 4.15. The second-order valence-corrected chi connectivity index (χ2v) is 9.01. The SMILES string of the molecule is CCNC(=NCCc1ncc(C)s1)N1CC2OCCN(Cc3ccccc3)C2C1. The van der Waals surface area contributed by atoms with Crippen LogP contribution in [0.4, 0.5) is 0 Å². The summed E-state index contributed by atoms with van der Waals surface area (Å²) in [6.07, 6.45) is 3.08. The summed E-state index contributed by atoms with van der Waals surface area (Å²) < 4.78 is 6.13. The van der Waals surface area contributed by atoms with E-state index in [1.807, 2.05) is 6.20 Å². The highest BCUT2D eigenvalue weighted by Crippen LogP contribution is 2.24. The molecule has 1 N–H and O–H groups in total. The lowest BCUT2D eigenvalue weighted by molar-refractivity contribution is -0.0502. The van der Waals surface area contributed by atoms with Gasteiger partial charge in [-0.05, 0) is 19.4 Å². The first-order valence-electron chi connectivity index (χ1n) is 10.6. The minimum Gasteiger partial charge on any atom is -0.373 e. The van der Waals surface area contributed by atoms with Crippen LogP contribution in [0.2, 0.25) is 0 Å². The topological polar surface area (TPSA) is 53.0 Å². The van der Waals surface area contributed by atoms with Crippen LogP contribution >= 0.6 is 11.3 Å². The number of thiazole rings is 1. The number of hydrogen-bond donors (Lipinski definition) is 1. The Labute approximate surface area is 177 Å². The van der Waals surface area contributed by atoms with Crippen molar-refractivity contribution in [3.05, 3.63) is 52.0 Å². The molecule has 2 unspecified atom stereocenters. The Morgan fingerprint density at radius 1 is 1.31 bits per heavy atom. The van der Waals surface area contributed by atoms with E-state index in [2.05, 4.69) is 64.3 Å². The number of aryl methyl sites for hydroxylation is 1. The smallest absolute Gasteiger partial charge is 0.194 e. The summed E-state index contributed by atoms with van der Waals surface area (Å²) in [5, 5.41) is 4.64. The van der Waals surface area contributed by atoms with Gasteiger partial charge in [-0.15, -0.1) is 11.3 Å². The molecule has 156 valence electrons. The lowest BCUT2D eigenvalue weighted by Crippen LogP contribution is -2.50. The molecule has 0 saturated carbocycles. The summed E-state index contributed by atoms with van der Waals surface area (Å²) >= 11 is 1.76. The van der Waals surface area contributed by atoms with Gasteiger partial charge in [-0.2, -0.15) is 0 Å². The monoisotopic (exact) mass is 413 g/mol. The summed E-state index contributed by atoms with van der Waals surface area (Å²) in [5.74, 6) is 0.999. The second kappa shape index (κ2) is 9.69. The molecule has 0 radical (unpaired) electrons. The third kappa shape index (κ3) is 5.15. The molecule has 0 aliphatic carbocycles. The predicted molar refractivity (Wildman–Crippen MR) is 118 cm³/mol. The van der Waals surface area contributed by atoms with Crippen LogP contribution in [-0.2, 0) is 17.7 Å². The zero-order valence-electron chi connectivity index (χ0n) is 17.4. The van der Waals surface area contributed by atoms with E-state index in [4.69, 9.17) is 9.73 Å². The zero-order chi connectivity index (χ0) is 20.1. The number of aliphatic imine (C=N–C) groups is 1. The van der Waals surface area contributed by atoms with E-state index in [0.717, 1.165) is 63.3 Å². The van der Waals surface area contributed by atoms with Crippen LogP contribution < -0.4 is 5.32 Å². The molecule has 1 aromatic heterocycles. The van der Waals surface area contributed by atoms with E-state index in [9.17, 15) is 0 Å². The number of morpholine rings is 1. The van der Waals surface area contributed by atoms with E-state index >= 15 is 0 Å². The van der Waals surface area contributed by atoms with Crippen LogP contribution in [-0.4, -0.2) is 72.2 Å². The minimum absolute atomic E-state index is 0.248. The molecule has 7 heteroatoms. The van der Waals surface area contributed by atoms with Gasteiger partial charge in [-0.1, -0.05) is 30.3 Å². The number of hydrogen-bond acceptors (Lipinski definition) is 5. The van der Waals surface area contributed by atoms with Crippen molar-refractivity contribution >= 4 is 17.3 Å². The molecule has 4 rings (SSSR count). The summed E-state index contributed by atoms with van der Waals surface area (Å²) in [6, 6.07) is 11.2. The van der Waals surface area contributed by atoms with Crippen molar-refractivity contribution in [1.82, 2.24) is 20.1 Å². The standard InChI is InChI=1S/C22H31N5OS/c1-3-23-22(24-10-9-21-25-13-17(2)29-21)27-15-19-20(16-27)28-12-11-26(19)14-18-7-5-4-6-8-18/h4-8,13,19-20H,3,9-12,14-16H2,1-2H3,(H,23,24). The van der Waals surface area contributed by atoms with Crippen molar-refractivity contribution < 1.29 is 4.74 Å². The third-order valence-electron chi connectivity index (χ3n) is 5.54. The molecule has 2 atom stereocenters. The van der Waals surface area contributed by atoms with Crippen molar-refractivity contribution in [3.8, 4) is 0 Å². The maximum Gasteiger partial charge on any atom is 0.194 e. The van der Waals surface area contributed by atoms with Gasteiger partial charge in [0, 0.05) is 56.8 Å². The molecule has 0 amide bonds. The third-order valence-corrected chi connectivity index (χ3v) is 6.51. The summed E-state index contributed by atoms with van der Waals surface area (Å²) in [7, 11) is 0. The average molecular weight is 414 g/mol. The maximum absolute atomic E-state index is 6.13. The number of nitrogens with zero attached hydrogens (tertiary/aromatic N) is 4. The van der Waals surface area contributed by atoms with Gasteiger partial charge in [-0.25, -0.2) is 4.98 Å². The molecule has 2 fully saturated rings. The minimum atomic E-state index is 0.248. The van der Waals surface area contributed by atoms with Crippen molar-refractivity contribution in [1.29, 1.82) is 0 Å². The Bertz CT molecular complexity index is 809. The van der Waals surface area contributed by atoms with Gasteiger partial charge in [0.1, 0.15) is 0 Å². The van der Waals surface area contributed by atoms with Gasteiger partial charge < -0.3 is 15.0 Å². The van der Waals surface area contributed by atoms with Gasteiger partial charge in [0.15, 0.2) is 5.96 Å². The Morgan fingerprint density at radius 3 is 2.93 bits per heavy atom. The number of ether oxygens (including phenoxy) is 1. The molecule has 2 aromatic rings. The average Bonchev–Trinajstić information content (AvgIpc) is 3.35. The second-order valence-electron chi connectivity index (χ2n) is 7.69. The molecule has 2 saturated heterocycles. The number of rotatable bonds is 6. The molecule has 0 spiro atoms. The van der Waals surface area contributed by atoms with Gasteiger partial charge in [0.25, 0.3) is 0 Å². The van der Waals surface area contributed by atoms with Crippen LogP contribution in [0.25, 0.3) is 0 Å². The van der Waals surface area contributed by atoms with E-state index < -0.39 is 0 Å². The number of likely N-dealkylation sites (tertiary alicyclic amines) is 1. The van der Waals surface area contributed by atoms with Crippen molar-refractivity contribution in [3.63, 3.8) is 0 Å². The molecule has 2 aliphatic heterocycles. The first-order valence-corrected chi connectivity index (χ1v) is 11.4. The number of nitrogens with one attached hydrogen (secondary N) is 1. The molecular formula is C22H31N5OS. The van der Waals surface area contributed by atoms with Crippen molar-refractivity contribution in [2.24, 2.45) is 4.99 Å². The number of benzene rings is 1. The molecule has 1 aromatic carbocycles. The van der Waals surface area contributed by atoms with Gasteiger partial charge in [0.05, 0.1) is 23.8 Å². The van der Waals surface area contributed by atoms with Gasteiger partial charge >= 0.3 is 0 Å². The highest BCUT2D eigenvalue weighted by atomic mass is 32.1. The normalized spacial score (nSPS) is 22.7.